The number of carbonyl (C=O) groups excluding carboxylic acids is 2. The van der Waals surface area contributed by atoms with Gasteiger partial charge in [0, 0.05) is 46.1 Å². The molecule has 2 unspecified atom stereocenters. The monoisotopic (exact) mass is 337 g/mol. The fraction of sp³-hybridized carbons (Fsp3) is 0.895. The van der Waals surface area contributed by atoms with E-state index in [0.29, 0.717) is 42.5 Å². The first-order valence-corrected chi connectivity index (χ1v) is 9.58. The molecule has 5 heteroatoms. The van der Waals surface area contributed by atoms with Gasteiger partial charge in [-0.25, -0.2) is 0 Å². The molecule has 2 aliphatic heterocycles. The first-order chi connectivity index (χ1) is 11.4. The Kier molecular flexibility index (Phi) is 7.08. The number of likely N-dealkylation sites (tertiary alicyclic amines) is 1. The van der Waals surface area contributed by atoms with Crippen molar-refractivity contribution in [1.29, 1.82) is 0 Å². The molecule has 24 heavy (non-hydrogen) atoms. The zero-order valence-corrected chi connectivity index (χ0v) is 15.9. The Hall–Kier alpha value is -1.10. The van der Waals surface area contributed by atoms with E-state index in [4.69, 9.17) is 0 Å². The predicted molar refractivity (Wildman–Crippen MR) is 96.6 cm³/mol. The number of amides is 2. The molecule has 0 saturated carbocycles. The van der Waals surface area contributed by atoms with Gasteiger partial charge in [0.05, 0.1) is 0 Å². The van der Waals surface area contributed by atoms with Gasteiger partial charge in [-0.15, -0.1) is 0 Å². The summed E-state index contributed by atoms with van der Waals surface area (Å²) in [5.74, 6) is 2.28. The number of hydrogen-bond donors (Lipinski definition) is 1. The molecular formula is C19H35N3O2. The highest BCUT2D eigenvalue weighted by Crippen LogP contribution is 2.31. The van der Waals surface area contributed by atoms with Crippen LogP contribution in [0, 0.1) is 17.8 Å². The number of fused-ring (bicyclic) bond motifs is 2. The van der Waals surface area contributed by atoms with Gasteiger partial charge in [0.2, 0.25) is 11.8 Å². The van der Waals surface area contributed by atoms with Crippen molar-refractivity contribution in [2.24, 2.45) is 17.8 Å². The molecule has 2 fully saturated rings. The highest BCUT2D eigenvalue weighted by atomic mass is 16.2. The third-order valence-electron chi connectivity index (χ3n) is 5.50. The molecule has 0 aromatic heterocycles. The van der Waals surface area contributed by atoms with Crippen molar-refractivity contribution in [3.63, 3.8) is 0 Å². The van der Waals surface area contributed by atoms with Crippen molar-refractivity contribution in [2.75, 3.05) is 33.7 Å². The summed E-state index contributed by atoms with van der Waals surface area (Å²) in [7, 11) is 3.63. The molecule has 2 bridgehead atoms. The van der Waals surface area contributed by atoms with E-state index in [1.54, 1.807) is 4.90 Å². The van der Waals surface area contributed by atoms with Crippen LogP contribution in [0.4, 0.5) is 0 Å². The van der Waals surface area contributed by atoms with Gasteiger partial charge in [-0.3, -0.25) is 9.59 Å². The Morgan fingerprint density at radius 3 is 2.62 bits per heavy atom. The third kappa shape index (κ3) is 5.47. The lowest BCUT2D eigenvalue weighted by molar-refractivity contribution is -0.135. The lowest BCUT2D eigenvalue weighted by atomic mass is 9.79. The first kappa shape index (κ1) is 19.2. The van der Waals surface area contributed by atoms with Gasteiger partial charge in [-0.2, -0.15) is 0 Å². The van der Waals surface area contributed by atoms with E-state index in [9.17, 15) is 9.59 Å². The van der Waals surface area contributed by atoms with Gasteiger partial charge in [0.15, 0.2) is 0 Å². The predicted octanol–water partition coefficient (Wildman–Crippen LogP) is 2.12. The first-order valence-electron chi connectivity index (χ1n) is 9.58. The van der Waals surface area contributed by atoms with E-state index < -0.39 is 0 Å². The SMILES string of the molecule is CC(C)CCC(=O)N1CC2CN[C@H](CCCC(=O)N(C)C)C(C2)C1. The van der Waals surface area contributed by atoms with Crippen LogP contribution in [0.5, 0.6) is 0 Å². The van der Waals surface area contributed by atoms with Crippen LogP contribution < -0.4 is 5.32 Å². The second kappa shape index (κ2) is 8.84. The smallest absolute Gasteiger partial charge is 0.222 e. The van der Waals surface area contributed by atoms with Crippen molar-refractivity contribution in [3.8, 4) is 0 Å². The van der Waals surface area contributed by atoms with E-state index in [1.807, 2.05) is 14.1 Å². The van der Waals surface area contributed by atoms with Crippen LogP contribution in [0.3, 0.4) is 0 Å². The van der Waals surface area contributed by atoms with Crippen molar-refractivity contribution in [3.05, 3.63) is 0 Å². The van der Waals surface area contributed by atoms with Gasteiger partial charge >= 0.3 is 0 Å². The van der Waals surface area contributed by atoms with Gasteiger partial charge < -0.3 is 15.1 Å². The van der Waals surface area contributed by atoms with E-state index in [-0.39, 0.29) is 5.91 Å². The summed E-state index contributed by atoms with van der Waals surface area (Å²) in [6, 6.07) is 0.455. The Morgan fingerprint density at radius 2 is 1.96 bits per heavy atom. The van der Waals surface area contributed by atoms with Gasteiger partial charge in [0.1, 0.15) is 0 Å². The molecule has 0 radical (unpaired) electrons. The second-order valence-corrected chi connectivity index (χ2v) is 8.29. The fourth-order valence-electron chi connectivity index (χ4n) is 3.98. The van der Waals surface area contributed by atoms with Gasteiger partial charge in [-0.05, 0) is 50.0 Å². The summed E-state index contributed by atoms with van der Waals surface area (Å²) in [6.45, 7) is 7.18. The maximum atomic E-state index is 12.5. The van der Waals surface area contributed by atoms with Gasteiger partial charge in [0.25, 0.3) is 0 Å². The summed E-state index contributed by atoms with van der Waals surface area (Å²) in [4.78, 5) is 28.0. The van der Waals surface area contributed by atoms with E-state index >= 15 is 0 Å². The van der Waals surface area contributed by atoms with Crippen molar-refractivity contribution < 1.29 is 9.59 Å². The minimum atomic E-state index is 0.206. The summed E-state index contributed by atoms with van der Waals surface area (Å²) in [5.41, 5.74) is 0. The second-order valence-electron chi connectivity index (χ2n) is 8.29. The lowest BCUT2D eigenvalue weighted by Crippen LogP contribution is -2.57. The van der Waals surface area contributed by atoms with E-state index in [2.05, 4.69) is 24.1 Å². The molecule has 2 saturated heterocycles. The minimum absolute atomic E-state index is 0.206. The highest BCUT2D eigenvalue weighted by molar-refractivity contribution is 5.76. The van der Waals surface area contributed by atoms with Gasteiger partial charge in [-0.1, -0.05) is 13.8 Å². The maximum absolute atomic E-state index is 12.5. The Balaban J connectivity index is 1.81. The lowest BCUT2D eigenvalue weighted by Gasteiger charge is -2.46. The molecule has 0 spiro atoms. The molecule has 138 valence electrons. The molecule has 2 rings (SSSR count). The van der Waals surface area contributed by atoms with Crippen LogP contribution in [0.2, 0.25) is 0 Å². The van der Waals surface area contributed by atoms with E-state index in [1.165, 1.54) is 6.42 Å². The standard InChI is InChI=1S/C19H35N3O2/c1-14(2)8-9-19(24)22-12-15-10-16(13-22)17(20-11-15)6-5-7-18(23)21(3)4/h14-17,20H,5-13H2,1-4H3/t15?,16?,17-/m1/s1. The van der Waals surface area contributed by atoms with Crippen LogP contribution in [0.25, 0.3) is 0 Å². The number of nitrogens with one attached hydrogen (secondary N) is 1. The molecule has 0 aromatic rings. The topological polar surface area (TPSA) is 52.7 Å². The van der Waals surface area contributed by atoms with Crippen molar-refractivity contribution >= 4 is 11.8 Å². The third-order valence-corrected chi connectivity index (χ3v) is 5.50. The molecule has 0 aliphatic carbocycles. The normalized spacial score (nSPS) is 26.5. The molecule has 5 nitrogen and oxygen atoms in total. The summed E-state index contributed by atoms with van der Waals surface area (Å²) in [5, 5.41) is 3.67. The van der Waals surface area contributed by atoms with Crippen LogP contribution >= 0.6 is 0 Å². The minimum Gasteiger partial charge on any atom is -0.349 e. The molecular weight excluding hydrogens is 302 g/mol. The number of carbonyl (C=O) groups is 2. The van der Waals surface area contributed by atoms with Crippen molar-refractivity contribution in [1.82, 2.24) is 15.1 Å². The number of rotatable bonds is 7. The molecule has 2 heterocycles. The number of nitrogens with zero attached hydrogens (tertiary/aromatic N) is 2. The quantitative estimate of drug-likeness (QED) is 0.774. The van der Waals surface area contributed by atoms with Crippen LogP contribution in [-0.2, 0) is 9.59 Å². The Bertz CT molecular complexity index is 436. The maximum Gasteiger partial charge on any atom is 0.222 e. The van der Waals surface area contributed by atoms with Crippen LogP contribution in [0.15, 0.2) is 0 Å². The zero-order valence-electron chi connectivity index (χ0n) is 15.9. The number of hydrogen-bond acceptors (Lipinski definition) is 3. The number of piperidine rings is 2. The molecule has 0 aromatic carbocycles. The molecule has 3 atom stereocenters. The average molecular weight is 338 g/mol. The fourth-order valence-corrected chi connectivity index (χ4v) is 3.98. The molecule has 1 N–H and O–H groups in total. The Labute approximate surface area is 147 Å². The summed E-state index contributed by atoms with van der Waals surface area (Å²) >= 11 is 0. The highest BCUT2D eigenvalue weighted by Gasteiger charge is 2.37. The molecule has 2 amide bonds. The van der Waals surface area contributed by atoms with Crippen LogP contribution in [0.1, 0.15) is 52.4 Å². The zero-order chi connectivity index (χ0) is 17.7. The molecule has 2 aliphatic rings. The summed E-state index contributed by atoms with van der Waals surface area (Å²) < 4.78 is 0. The van der Waals surface area contributed by atoms with Crippen LogP contribution in [-0.4, -0.2) is 61.4 Å². The largest absolute Gasteiger partial charge is 0.349 e. The summed E-state index contributed by atoms with van der Waals surface area (Å²) in [6.07, 6.45) is 5.49. The van der Waals surface area contributed by atoms with E-state index in [0.717, 1.165) is 38.9 Å². The van der Waals surface area contributed by atoms with Crippen molar-refractivity contribution in [2.45, 2.75) is 58.4 Å². The average Bonchev–Trinajstić information content (AvgIpc) is 2.54. The Morgan fingerprint density at radius 1 is 1.21 bits per heavy atom.